The van der Waals surface area contributed by atoms with Gasteiger partial charge in [0.2, 0.25) is 0 Å². The Morgan fingerprint density at radius 3 is 2.50 bits per heavy atom. The smallest absolute Gasteiger partial charge is 0.329 e. The van der Waals surface area contributed by atoms with Crippen LogP contribution >= 0.6 is 0 Å². The molecule has 1 amide bonds. The number of carboxylic acids is 1. The highest BCUT2D eigenvalue weighted by atomic mass is 16.4. The summed E-state index contributed by atoms with van der Waals surface area (Å²) in [5.74, 6) is -1.31. The van der Waals surface area contributed by atoms with Crippen LogP contribution in [0.4, 0.5) is 0 Å². The Bertz CT molecular complexity index is 381. The van der Waals surface area contributed by atoms with Crippen molar-refractivity contribution < 1.29 is 19.1 Å². The molecule has 1 aromatic rings. The lowest BCUT2D eigenvalue weighted by Crippen LogP contribution is -2.52. The molecule has 0 atom stereocenters. The highest BCUT2D eigenvalue weighted by Gasteiger charge is 2.37. The molecule has 5 heteroatoms. The molecule has 0 spiro atoms. The third kappa shape index (κ3) is 2.08. The van der Waals surface area contributed by atoms with Gasteiger partial charge in [0, 0.05) is 6.54 Å². The molecular weight excluding hydrogens is 210 g/mol. The van der Waals surface area contributed by atoms with Gasteiger partial charge in [-0.2, -0.15) is 0 Å². The number of carboxylic acid groups (broad SMARTS) is 1. The summed E-state index contributed by atoms with van der Waals surface area (Å²) in [4.78, 5) is 24.3. The second-order valence-corrected chi connectivity index (χ2v) is 3.89. The van der Waals surface area contributed by atoms with E-state index in [0.717, 1.165) is 0 Å². The van der Waals surface area contributed by atoms with Crippen LogP contribution in [0.15, 0.2) is 22.8 Å². The molecule has 1 N–H and O–H groups in total. The Hall–Kier alpha value is -1.78. The molecule has 16 heavy (non-hydrogen) atoms. The standard InChI is InChI=1S/C11H15NO4/c1-4-12(11(2,3)10(14)15)9(13)8-6-5-7-16-8/h5-7H,4H2,1-3H3,(H,14,15). The fourth-order valence-corrected chi connectivity index (χ4v) is 1.44. The topological polar surface area (TPSA) is 70.8 Å². The Balaban J connectivity index is 3.00. The zero-order chi connectivity index (χ0) is 12.3. The summed E-state index contributed by atoms with van der Waals surface area (Å²) in [6.07, 6.45) is 1.38. The van der Waals surface area contributed by atoms with Crippen LogP contribution in [0, 0.1) is 0 Å². The molecule has 0 radical (unpaired) electrons. The van der Waals surface area contributed by atoms with E-state index >= 15 is 0 Å². The van der Waals surface area contributed by atoms with Crippen LogP contribution in [0.1, 0.15) is 31.3 Å². The average Bonchev–Trinajstić information content (AvgIpc) is 2.70. The lowest BCUT2D eigenvalue weighted by Gasteiger charge is -2.33. The summed E-state index contributed by atoms with van der Waals surface area (Å²) >= 11 is 0. The molecule has 0 aliphatic heterocycles. The number of aliphatic carboxylic acids is 1. The van der Waals surface area contributed by atoms with E-state index in [1.54, 1.807) is 13.0 Å². The summed E-state index contributed by atoms with van der Waals surface area (Å²) in [6, 6.07) is 3.11. The van der Waals surface area contributed by atoms with Crippen LogP contribution in [0.25, 0.3) is 0 Å². The van der Waals surface area contributed by atoms with Crippen LogP contribution in [0.3, 0.4) is 0 Å². The van der Waals surface area contributed by atoms with E-state index in [1.807, 2.05) is 0 Å². The largest absolute Gasteiger partial charge is 0.480 e. The van der Waals surface area contributed by atoms with Gasteiger partial charge in [0.05, 0.1) is 6.26 Å². The first-order valence-corrected chi connectivity index (χ1v) is 5.00. The van der Waals surface area contributed by atoms with Gasteiger partial charge >= 0.3 is 5.97 Å². The van der Waals surface area contributed by atoms with Crippen LogP contribution in [-0.2, 0) is 4.79 Å². The summed E-state index contributed by atoms with van der Waals surface area (Å²) in [7, 11) is 0. The van der Waals surface area contributed by atoms with Crippen molar-refractivity contribution in [3.8, 4) is 0 Å². The van der Waals surface area contributed by atoms with Crippen molar-refractivity contribution in [2.24, 2.45) is 0 Å². The highest BCUT2D eigenvalue weighted by molar-refractivity contribution is 5.95. The molecule has 0 unspecified atom stereocenters. The first-order chi connectivity index (χ1) is 7.41. The number of hydrogen-bond acceptors (Lipinski definition) is 3. The van der Waals surface area contributed by atoms with Crippen molar-refractivity contribution in [2.45, 2.75) is 26.3 Å². The molecular formula is C11H15NO4. The lowest BCUT2D eigenvalue weighted by molar-refractivity contribution is -0.147. The number of rotatable bonds is 4. The molecule has 0 saturated heterocycles. The molecule has 0 aliphatic carbocycles. The minimum Gasteiger partial charge on any atom is -0.480 e. The molecule has 1 heterocycles. The molecule has 1 aromatic heterocycles. The monoisotopic (exact) mass is 225 g/mol. The number of carbonyl (C=O) groups excluding carboxylic acids is 1. The Kier molecular flexibility index (Phi) is 3.37. The fraction of sp³-hybridized carbons (Fsp3) is 0.455. The van der Waals surface area contributed by atoms with Gasteiger partial charge in [-0.15, -0.1) is 0 Å². The zero-order valence-corrected chi connectivity index (χ0v) is 9.56. The van der Waals surface area contributed by atoms with Gasteiger partial charge < -0.3 is 14.4 Å². The maximum absolute atomic E-state index is 12.0. The van der Waals surface area contributed by atoms with E-state index in [9.17, 15) is 9.59 Å². The van der Waals surface area contributed by atoms with Crippen molar-refractivity contribution in [3.05, 3.63) is 24.2 Å². The number of hydrogen-bond donors (Lipinski definition) is 1. The molecule has 0 bridgehead atoms. The zero-order valence-electron chi connectivity index (χ0n) is 9.56. The van der Waals surface area contributed by atoms with Crippen LogP contribution in [-0.4, -0.2) is 34.0 Å². The number of amides is 1. The molecule has 0 aliphatic rings. The van der Waals surface area contributed by atoms with Gasteiger partial charge in [0.15, 0.2) is 5.76 Å². The predicted molar refractivity (Wildman–Crippen MR) is 57.1 cm³/mol. The van der Waals surface area contributed by atoms with Crippen molar-refractivity contribution in [2.75, 3.05) is 6.54 Å². The molecule has 5 nitrogen and oxygen atoms in total. The van der Waals surface area contributed by atoms with Gasteiger partial charge in [-0.25, -0.2) is 4.79 Å². The van der Waals surface area contributed by atoms with Crippen molar-refractivity contribution in [1.82, 2.24) is 4.90 Å². The highest BCUT2D eigenvalue weighted by Crippen LogP contribution is 2.18. The second-order valence-electron chi connectivity index (χ2n) is 3.89. The van der Waals surface area contributed by atoms with Crippen LogP contribution in [0.5, 0.6) is 0 Å². The SMILES string of the molecule is CCN(C(=O)c1ccco1)C(C)(C)C(=O)O. The van der Waals surface area contributed by atoms with E-state index in [0.29, 0.717) is 6.54 Å². The third-order valence-electron chi connectivity index (χ3n) is 2.49. The van der Waals surface area contributed by atoms with Gasteiger partial charge in [0.25, 0.3) is 5.91 Å². The summed E-state index contributed by atoms with van der Waals surface area (Å²) in [6.45, 7) is 5.00. The number of furan rings is 1. The maximum Gasteiger partial charge on any atom is 0.329 e. The van der Waals surface area contributed by atoms with Gasteiger partial charge in [-0.05, 0) is 32.9 Å². The van der Waals surface area contributed by atoms with Gasteiger partial charge in [-0.3, -0.25) is 4.79 Å². The summed E-state index contributed by atoms with van der Waals surface area (Å²) < 4.78 is 4.97. The second kappa shape index (κ2) is 4.38. The molecule has 0 fully saturated rings. The first kappa shape index (κ1) is 12.3. The lowest BCUT2D eigenvalue weighted by atomic mass is 10.0. The van der Waals surface area contributed by atoms with Crippen LogP contribution < -0.4 is 0 Å². The molecule has 88 valence electrons. The maximum atomic E-state index is 12.0. The number of likely N-dealkylation sites (N-methyl/N-ethyl adjacent to an activating group) is 1. The van der Waals surface area contributed by atoms with E-state index in [1.165, 1.54) is 31.1 Å². The normalized spacial score (nSPS) is 11.2. The minimum absolute atomic E-state index is 0.149. The van der Waals surface area contributed by atoms with Gasteiger partial charge in [0.1, 0.15) is 5.54 Å². The Morgan fingerprint density at radius 1 is 1.50 bits per heavy atom. The van der Waals surface area contributed by atoms with Gasteiger partial charge in [-0.1, -0.05) is 0 Å². The average molecular weight is 225 g/mol. The molecule has 1 rings (SSSR count). The minimum atomic E-state index is -1.25. The summed E-state index contributed by atoms with van der Waals surface area (Å²) in [5, 5.41) is 9.06. The molecule has 0 saturated carbocycles. The summed E-state index contributed by atoms with van der Waals surface area (Å²) in [5.41, 5.74) is -1.25. The number of carbonyl (C=O) groups is 2. The van der Waals surface area contributed by atoms with E-state index in [2.05, 4.69) is 0 Å². The quantitative estimate of drug-likeness (QED) is 0.844. The fourth-order valence-electron chi connectivity index (χ4n) is 1.44. The first-order valence-electron chi connectivity index (χ1n) is 5.00. The van der Waals surface area contributed by atoms with Crippen LogP contribution in [0.2, 0.25) is 0 Å². The van der Waals surface area contributed by atoms with E-state index < -0.39 is 17.4 Å². The van der Waals surface area contributed by atoms with E-state index in [-0.39, 0.29) is 5.76 Å². The van der Waals surface area contributed by atoms with Crippen molar-refractivity contribution in [1.29, 1.82) is 0 Å². The molecule has 0 aromatic carbocycles. The predicted octanol–water partition coefficient (Wildman–Crippen LogP) is 1.60. The Labute approximate surface area is 93.7 Å². The van der Waals surface area contributed by atoms with E-state index in [4.69, 9.17) is 9.52 Å². The van der Waals surface area contributed by atoms with Crippen molar-refractivity contribution in [3.63, 3.8) is 0 Å². The van der Waals surface area contributed by atoms with Crippen molar-refractivity contribution >= 4 is 11.9 Å². The number of nitrogens with zero attached hydrogens (tertiary/aromatic N) is 1. The Morgan fingerprint density at radius 2 is 2.12 bits per heavy atom. The third-order valence-corrected chi connectivity index (χ3v) is 2.49.